The van der Waals surface area contributed by atoms with Crippen LogP contribution in [0.2, 0.25) is 0 Å². The van der Waals surface area contributed by atoms with Crippen LogP contribution in [-0.4, -0.2) is 15.0 Å². The Morgan fingerprint density at radius 3 is 2.10 bits per heavy atom. The third-order valence-electron chi connectivity index (χ3n) is 4.69. The lowest BCUT2D eigenvalue weighted by atomic mass is 10.1. The molecule has 2 heterocycles. The van der Waals surface area contributed by atoms with Crippen molar-refractivity contribution in [3.63, 3.8) is 0 Å². The lowest BCUT2D eigenvalue weighted by Crippen LogP contribution is -2.18. The molecule has 2 aromatic heterocycles. The lowest BCUT2D eigenvalue weighted by Gasteiger charge is -2.09. The van der Waals surface area contributed by atoms with E-state index in [9.17, 15) is 9.59 Å². The highest BCUT2D eigenvalue weighted by molar-refractivity contribution is 5.92. The molecule has 0 fully saturated rings. The maximum Gasteiger partial charge on any atom is 0.250 e. The molecule has 1 amide bonds. The van der Waals surface area contributed by atoms with Crippen molar-refractivity contribution in [3.8, 4) is 5.69 Å². The largest absolute Gasteiger partial charge is 0.326 e. The summed E-state index contributed by atoms with van der Waals surface area (Å²) in [5, 5.41) is 2.92. The van der Waals surface area contributed by atoms with Gasteiger partial charge >= 0.3 is 0 Å². The molecule has 4 aromatic rings. The highest BCUT2D eigenvalue weighted by atomic mass is 16.1. The van der Waals surface area contributed by atoms with Crippen molar-refractivity contribution in [1.29, 1.82) is 0 Å². The van der Waals surface area contributed by atoms with Crippen molar-refractivity contribution < 1.29 is 4.79 Å². The molecule has 29 heavy (non-hydrogen) atoms. The van der Waals surface area contributed by atoms with Gasteiger partial charge in [0.25, 0.3) is 5.56 Å². The summed E-state index contributed by atoms with van der Waals surface area (Å²) in [7, 11) is 0. The molecule has 0 saturated heterocycles. The maximum atomic E-state index is 12.4. The number of aromatic nitrogens is 2. The van der Waals surface area contributed by atoms with Crippen LogP contribution >= 0.6 is 0 Å². The van der Waals surface area contributed by atoms with Crippen LogP contribution in [0.4, 0.5) is 5.69 Å². The maximum absolute atomic E-state index is 12.4. The minimum absolute atomic E-state index is 0.0346. The van der Waals surface area contributed by atoms with Crippen molar-refractivity contribution >= 4 is 11.6 Å². The second-order valence-electron chi connectivity index (χ2n) is 6.85. The molecule has 5 heteroatoms. The smallest absolute Gasteiger partial charge is 0.250 e. The predicted molar refractivity (Wildman–Crippen MR) is 114 cm³/mol. The Hall–Kier alpha value is -3.86. The topological polar surface area (TPSA) is 56.0 Å². The zero-order valence-corrected chi connectivity index (χ0v) is 15.9. The van der Waals surface area contributed by atoms with Gasteiger partial charge in [0.1, 0.15) is 0 Å². The Morgan fingerprint density at radius 2 is 1.41 bits per heavy atom. The molecule has 2 aromatic carbocycles. The first-order valence-corrected chi connectivity index (χ1v) is 9.44. The Morgan fingerprint density at radius 1 is 0.759 bits per heavy atom. The molecule has 0 bridgehead atoms. The quantitative estimate of drug-likeness (QED) is 0.550. The van der Waals surface area contributed by atoms with Crippen molar-refractivity contribution in [3.05, 3.63) is 119 Å². The number of nitrogens with one attached hydrogen (secondary N) is 1. The van der Waals surface area contributed by atoms with Crippen LogP contribution in [0.1, 0.15) is 11.1 Å². The van der Waals surface area contributed by atoms with Gasteiger partial charge in [0.05, 0.1) is 13.0 Å². The number of carbonyl (C=O) groups is 1. The first kappa shape index (κ1) is 18.5. The standard InChI is InChI=1S/C24H21N3O2/c28-23(17-19-8-12-22(13-9-19)26-14-3-4-15-26)25-21-10-6-20(7-11-21)18-27-16-2-1-5-24(27)29/h1-16H,17-18H2,(H,25,28). The number of anilines is 1. The molecular formula is C24H21N3O2. The van der Waals surface area contributed by atoms with E-state index in [4.69, 9.17) is 0 Å². The van der Waals surface area contributed by atoms with E-state index in [1.54, 1.807) is 22.9 Å². The third kappa shape index (κ3) is 4.71. The van der Waals surface area contributed by atoms with E-state index in [0.717, 1.165) is 22.5 Å². The zero-order valence-electron chi connectivity index (χ0n) is 15.9. The van der Waals surface area contributed by atoms with Gasteiger partial charge in [-0.2, -0.15) is 0 Å². The van der Waals surface area contributed by atoms with Gasteiger partial charge in [0.2, 0.25) is 5.91 Å². The molecule has 0 spiro atoms. The average Bonchev–Trinajstić information content (AvgIpc) is 3.27. The zero-order chi connectivity index (χ0) is 20.1. The van der Waals surface area contributed by atoms with Gasteiger partial charge in [-0.3, -0.25) is 9.59 Å². The molecule has 0 unspecified atom stereocenters. The molecule has 0 aliphatic heterocycles. The molecule has 4 rings (SSSR count). The number of hydrogen-bond acceptors (Lipinski definition) is 2. The molecule has 0 aliphatic carbocycles. The van der Waals surface area contributed by atoms with E-state index in [1.165, 1.54) is 0 Å². The normalized spacial score (nSPS) is 10.6. The fourth-order valence-electron chi connectivity index (χ4n) is 3.16. The molecule has 5 nitrogen and oxygen atoms in total. The SMILES string of the molecule is O=C(Cc1ccc(-n2cccc2)cc1)Nc1ccc(Cn2ccccc2=O)cc1. The van der Waals surface area contributed by atoms with Crippen molar-refractivity contribution in [2.24, 2.45) is 0 Å². The third-order valence-corrected chi connectivity index (χ3v) is 4.69. The van der Waals surface area contributed by atoms with Crippen molar-refractivity contribution in [2.75, 3.05) is 5.32 Å². The molecular weight excluding hydrogens is 362 g/mol. The number of pyridine rings is 1. The number of carbonyl (C=O) groups excluding carboxylic acids is 1. The predicted octanol–water partition coefficient (Wildman–Crippen LogP) is 3.87. The van der Waals surface area contributed by atoms with E-state index in [2.05, 4.69) is 5.32 Å². The van der Waals surface area contributed by atoms with Crippen LogP contribution in [0.5, 0.6) is 0 Å². The van der Waals surface area contributed by atoms with Crippen LogP contribution in [0.3, 0.4) is 0 Å². The van der Waals surface area contributed by atoms with Crippen LogP contribution < -0.4 is 10.9 Å². The van der Waals surface area contributed by atoms with Crippen LogP contribution in [0.15, 0.2) is 102 Å². The summed E-state index contributed by atoms with van der Waals surface area (Å²) in [5.41, 5.74) is 3.72. The molecule has 1 N–H and O–H groups in total. The van der Waals surface area contributed by atoms with Gasteiger partial charge in [-0.15, -0.1) is 0 Å². The van der Waals surface area contributed by atoms with Crippen molar-refractivity contribution in [1.82, 2.24) is 9.13 Å². The summed E-state index contributed by atoms with van der Waals surface area (Å²) in [6.45, 7) is 0.502. The Labute approximate surface area is 168 Å². The summed E-state index contributed by atoms with van der Waals surface area (Å²) in [6.07, 6.45) is 6.05. The van der Waals surface area contributed by atoms with E-state index >= 15 is 0 Å². The first-order valence-electron chi connectivity index (χ1n) is 9.44. The molecule has 0 atom stereocenters. The number of rotatable bonds is 6. The monoisotopic (exact) mass is 383 g/mol. The summed E-state index contributed by atoms with van der Waals surface area (Å²) < 4.78 is 3.67. The van der Waals surface area contributed by atoms with E-state index in [0.29, 0.717) is 13.0 Å². The van der Waals surface area contributed by atoms with Gasteiger partial charge < -0.3 is 14.5 Å². The number of hydrogen-bond donors (Lipinski definition) is 1. The average molecular weight is 383 g/mol. The molecule has 0 saturated carbocycles. The van der Waals surface area contributed by atoms with Crippen LogP contribution in [0, 0.1) is 0 Å². The van der Waals surface area contributed by atoms with E-state index in [1.807, 2.05) is 83.7 Å². The summed E-state index contributed by atoms with van der Waals surface area (Å²) >= 11 is 0. The number of amides is 1. The highest BCUT2D eigenvalue weighted by Crippen LogP contribution is 2.13. The minimum Gasteiger partial charge on any atom is -0.326 e. The fourth-order valence-corrected chi connectivity index (χ4v) is 3.16. The van der Waals surface area contributed by atoms with Gasteiger partial charge in [0.15, 0.2) is 0 Å². The summed E-state index contributed by atoms with van der Waals surface area (Å²) in [6, 6.07) is 24.5. The van der Waals surface area contributed by atoms with Gasteiger partial charge in [-0.25, -0.2) is 0 Å². The molecule has 144 valence electrons. The van der Waals surface area contributed by atoms with Gasteiger partial charge in [0, 0.05) is 36.0 Å². The molecule has 0 aliphatic rings. The Balaban J connectivity index is 1.35. The Bertz CT molecular complexity index is 1140. The van der Waals surface area contributed by atoms with Gasteiger partial charge in [-0.05, 0) is 53.6 Å². The van der Waals surface area contributed by atoms with Gasteiger partial charge in [-0.1, -0.05) is 30.3 Å². The number of benzene rings is 2. The minimum atomic E-state index is -0.0641. The second kappa shape index (κ2) is 8.44. The summed E-state index contributed by atoms with van der Waals surface area (Å²) in [5.74, 6) is -0.0641. The number of nitrogens with zero attached hydrogens (tertiary/aromatic N) is 2. The summed E-state index contributed by atoms with van der Waals surface area (Å²) in [4.78, 5) is 24.2. The second-order valence-corrected chi connectivity index (χ2v) is 6.85. The fraction of sp³-hybridized carbons (Fsp3) is 0.0833. The first-order chi connectivity index (χ1) is 14.2. The van der Waals surface area contributed by atoms with Crippen LogP contribution in [0.25, 0.3) is 5.69 Å². The van der Waals surface area contributed by atoms with E-state index in [-0.39, 0.29) is 11.5 Å². The lowest BCUT2D eigenvalue weighted by molar-refractivity contribution is -0.115. The highest BCUT2D eigenvalue weighted by Gasteiger charge is 2.05. The molecule has 0 radical (unpaired) electrons. The van der Waals surface area contributed by atoms with E-state index < -0.39 is 0 Å². The van der Waals surface area contributed by atoms with Crippen molar-refractivity contribution in [2.45, 2.75) is 13.0 Å². The Kier molecular flexibility index (Phi) is 5.38. The van der Waals surface area contributed by atoms with Crippen LogP contribution in [-0.2, 0) is 17.8 Å².